The van der Waals surface area contributed by atoms with Crippen LogP contribution in [0.4, 0.5) is 0 Å². The number of hydrogen-bond acceptors (Lipinski definition) is 2. The topological polar surface area (TPSA) is 29.5 Å². The van der Waals surface area contributed by atoms with Crippen molar-refractivity contribution in [3.05, 3.63) is 0 Å². The van der Waals surface area contributed by atoms with Gasteiger partial charge in [-0.25, -0.2) is 0 Å². The van der Waals surface area contributed by atoms with Crippen molar-refractivity contribution in [1.29, 1.82) is 0 Å². The quantitative estimate of drug-likeness (QED) is 0.729. The smallest absolute Gasteiger partial charge is 0.0619 e. The largest absolute Gasteiger partial charge is 0.392 e. The summed E-state index contributed by atoms with van der Waals surface area (Å²) < 4.78 is 5.45. The van der Waals surface area contributed by atoms with Crippen molar-refractivity contribution in [2.75, 3.05) is 6.61 Å². The van der Waals surface area contributed by atoms with Crippen LogP contribution in [0.1, 0.15) is 40.0 Å². The predicted octanol–water partition coefficient (Wildman–Crippen LogP) is 2.21. The molecule has 1 saturated heterocycles. The van der Waals surface area contributed by atoms with Gasteiger partial charge in [-0.05, 0) is 25.7 Å². The summed E-state index contributed by atoms with van der Waals surface area (Å²) in [4.78, 5) is 0. The van der Waals surface area contributed by atoms with E-state index in [1.54, 1.807) is 0 Å². The van der Waals surface area contributed by atoms with Crippen molar-refractivity contribution < 1.29 is 9.84 Å². The van der Waals surface area contributed by atoms with E-state index in [4.69, 9.17) is 4.74 Å². The predicted molar refractivity (Wildman–Crippen MR) is 53.6 cm³/mol. The van der Waals surface area contributed by atoms with Gasteiger partial charge in [0.25, 0.3) is 0 Å². The molecule has 78 valence electrons. The minimum Gasteiger partial charge on any atom is -0.392 e. The minimum atomic E-state index is -0.169. The molecular weight excluding hydrogens is 164 g/mol. The molecule has 0 bridgehead atoms. The lowest BCUT2D eigenvalue weighted by molar-refractivity contribution is 0.0131. The van der Waals surface area contributed by atoms with E-state index in [1.165, 1.54) is 0 Å². The van der Waals surface area contributed by atoms with E-state index in [9.17, 15) is 5.11 Å². The van der Waals surface area contributed by atoms with E-state index in [0.717, 1.165) is 25.9 Å². The molecule has 0 aromatic heterocycles. The number of hydrogen-bond donors (Lipinski definition) is 1. The highest BCUT2D eigenvalue weighted by atomic mass is 16.5. The Kier molecular flexibility index (Phi) is 4.20. The first kappa shape index (κ1) is 11.0. The summed E-state index contributed by atoms with van der Waals surface area (Å²) in [6.07, 6.45) is 3.37. The van der Waals surface area contributed by atoms with Crippen molar-refractivity contribution in [3.63, 3.8) is 0 Å². The van der Waals surface area contributed by atoms with Crippen molar-refractivity contribution in [3.8, 4) is 0 Å². The van der Waals surface area contributed by atoms with Crippen molar-refractivity contribution >= 4 is 0 Å². The second-order valence-corrected chi connectivity index (χ2v) is 4.28. The lowest BCUT2D eigenvalue weighted by Gasteiger charge is -2.26. The van der Waals surface area contributed by atoms with E-state index < -0.39 is 0 Å². The molecular formula is C11H22O2. The average Bonchev–Trinajstić information content (AvgIpc) is 2.50. The Morgan fingerprint density at radius 3 is 2.69 bits per heavy atom. The summed E-state index contributed by atoms with van der Waals surface area (Å²) in [7, 11) is 0. The molecule has 0 spiro atoms. The van der Waals surface area contributed by atoms with Gasteiger partial charge in [0.1, 0.15) is 0 Å². The van der Waals surface area contributed by atoms with Crippen LogP contribution in [0, 0.1) is 11.8 Å². The van der Waals surface area contributed by atoms with E-state index in [1.807, 2.05) is 0 Å². The fourth-order valence-corrected chi connectivity index (χ4v) is 2.24. The molecule has 0 amide bonds. The zero-order chi connectivity index (χ0) is 9.84. The molecule has 4 atom stereocenters. The second kappa shape index (κ2) is 4.97. The molecule has 0 aromatic rings. The van der Waals surface area contributed by atoms with Crippen LogP contribution < -0.4 is 0 Å². The van der Waals surface area contributed by atoms with E-state index in [0.29, 0.717) is 11.8 Å². The third-order valence-electron chi connectivity index (χ3n) is 3.20. The monoisotopic (exact) mass is 186 g/mol. The van der Waals surface area contributed by atoms with Gasteiger partial charge in [0.05, 0.1) is 12.2 Å². The molecule has 2 nitrogen and oxygen atoms in total. The highest BCUT2D eigenvalue weighted by molar-refractivity contribution is 4.81. The Labute approximate surface area is 81.3 Å². The lowest BCUT2D eigenvalue weighted by Crippen LogP contribution is -2.31. The average molecular weight is 186 g/mol. The van der Waals surface area contributed by atoms with Crippen LogP contribution in [0.15, 0.2) is 0 Å². The maximum absolute atomic E-state index is 10.0. The summed E-state index contributed by atoms with van der Waals surface area (Å²) >= 11 is 0. The Morgan fingerprint density at radius 1 is 1.54 bits per heavy atom. The van der Waals surface area contributed by atoms with E-state index in [-0.39, 0.29) is 12.2 Å². The van der Waals surface area contributed by atoms with Crippen molar-refractivity contribution in [2.45, 2.75) is 52.2 Å². The fourth-order valence-electron chi connectivity index (χ4n) is 2.24. The molecule has 0 saturated carbocycles. The van der Waals surface area contributed by atoms with Gasteiger partial charge in [-0.2, -0.15) is 0 Å². The molecule has 13 heavy (non-hydrogen) atoms. The summed E-state index contributed by atoms with van der Waals surface area (Å²) in [5, 5.41) is 10.0. The number of ether oxygens (including phenoxy) is 1. The van der Waals surface area contributed by atoms with Crippen molar-refractivity contribution in [1.82, 2.24) is 0 Å². The first-order valence-electron chi connectivity index (χ1n) is 5.46. The van der Waals surface area contributed by atoms with Crippen LogP contribution in [0.3, 0.4) is 0 Å². The van der Waals surface area contributed by atoms with Crippen LogP contribution in [0.5, 0.6) is 0 Å². The molecule has 1 aliphatic rings. The zero-order valence-electron chi connectivity index (χ0n) is 8.99. The summed E-state index contributed by atoms with van der Waals surface area (Å²) in [6, 6.07) is 0. The van der Waals surface area contributed by atoms with Gasteiger partial charge in [-0.15, -0.1) is 0 Å². The highest BCUT2D eigenvalue weighted by Gasteiger charge is 2.33. The number of rotatable bonds is 4. The number of aliphatic hydroxyl groups is 1. The van der Waals surface area contributed by atoms with Gasteiger partial charge >= 0.3 is 0 Å². The molecule has 0 aliphatic carbocycles. The Hall–Kier alpha value is -0.0800. The van der Waals surface area contributed by atoms with Gasteiger partial charge < -0.3 is 9.84 Å². The highest BCUT2D eigenvalue weighted by Crippen LogP contribution is 2.29. The van der Waals surface area contributed by atoms with Crippen LogP contribution in [0.25, 0.3) is 0 Å². The molecule has 1 aliphatic heterocycles. The fraction of sp³-hybridized carbons (Fsp3) is 1.00. The van der Waals surface area contributed by atoms with Crippen molar-refractivity contribution in [2.24, 2.45) is 11.8 Å². The van der Waals surface area contributed by atoms with E-state index >= 15 is 0 Å². The first-order chi connectivity index (χ1) is 6.16. The zero-order valence-corrected chi connectivity index (χ0v) is 8.99. The number of aliphatic hydroxyl groups excluding tert-OH is 1. The standard InChI is InChI=1S/C11H22O2/c1-4-5-8(2)11(12)10-6-7-13-9(10)3/h8-12H,4-7H2,1-3H3. The SMILES string of the molecule is CCCC(C)C(O)C1CCOC1C. The Balaban J connectivity index is 2.40. The normalized spacial score (nSPS) is 33.2. The van der Waals surface area contributed by atoms with Crippen LogP contribution >= 0.6 is 0 Å². The molecule has 4 unspecified atom stereocenters. The van der Waals surface area contributed by atoms with E-state index in [2.05, 4.69) is 20.8 Å². The van der Waals surface area contributed by atoms with Gasteiger partial charge in [-0.1, -0.05) is 20.3 Å². The van der Waals surface area contributed by atoms with Gasteiger partial charge in [0.2, 0.25) is 0 Å². The summed E-state index contributed by atoms with van der Waals surface area (Å²) in [5.74, 6) is 0.778. The molecule has 0 aromatic carbocycles. The Morgan fingerprint density at radius 2 is 2.23 bits per heavy atom. The van der Waals surface area contributed by atoms with Crippen LogP contribution in [-0.4, -0.2) is 23.9 Å². The third-order valence-corrected chi connectivity index (χ3v) is 3.20. The van der Waals surface area contributed by atoms with Gasteiger partial charge in [-0.3, -0.25) is 0 Å². The first-order valence-corrected chi connectivity index (χ1v) is 5.46. The maximum Gasteiger partial charge on any atom is 0.0619 e. The maximum atomic E-state index is 10.0. The second-order valence-electron chi connectivity index (χ2n) is 4.28. The molecule has 2 heteroatoms. The molecule has 1 rings (SSSR count). The minimum absolute atomic E-state index is 0.169. The van der Waals surface area contributed by atoms with Gasteiger partial charge in [0, 0.05) is 12.5 Å². The van der Waals surface area contributed by atoms with Gasteiger partial charge in [0.15, 0.2) is 0 Å². The summed E-state index contributed by atoms with van der Waals surface area (Å²) in [5.41, 5.74) is 0. The third kappa shape index (κ3) is 2.68. The molecule has 1 heterocycles. The molecule has 0 radical (unpaired) electrons. The summed E-state index contributed by atoms with van der Waals surface area (Å²) in [6.45, 7) is 7.19. The Bertz CT molecular complexity index is 147. The lowest BCUT2D eigenvalue weighted by atomic mass is 9.86. The van der Waals surface area contributed by atoms with Crippen LogP contribution in [0.2, 0.25) is 0 Å². The van der Waals surface area contributed by atoms with Crippen LogP contribution in [-0.2, 0) is 4.74 Å². The molecule has 1 N–H and O–H groups in total. The molecule has 1 fully saturated rings.